The minimum Gasteiger partial charge on any atom is -0.506 e. The second-order valence-electron chi connectivity index (χ2n) is 6.06. The lowest BCUT2D eigenvalue weighted by atomic mass is 9.80. The van der Waals surface area contributed by atoms with Gasteiger partial charge in [-0.05, 0) is 6.07 Å². The van der Waals surface area contributed by atoms with Gasteiger partial charge in [0.25, 0.3) is 0 Å². The van der Waals surface area contributed by atoms with E-state index in [-0.39, 0.29) is 56.1 Å². The number of phenols is 2. The average Bonchev–Trinajstić information content (AvgIpc) is 2.68. The number of ketones is 2. The molecule has 134 valence electrons. The molecule has 1 aliphatic rings. The molecule has 3 aromatic carbocycles. The van der Waals surface area contributed by atoms with Crippen LogP contribution >= 0.6 is 11.6 Å². The number of aromatic hydroxyl groups is 2. The second kappa shape index (κ2) is 6.10. The fraction of sp³-hybridized carbons (Fsp3) is 0.0500. The van der Waals surface area contributed by atoms with Crippen molar-refractivity contribution in [2.75, 3.05) is 11.2 Å². The predicted molar refractivity (Wildman–Crippen MR) is 99.9 cm³/mol. The van der Waals surface area contributed by atoms with Gasteiger partial charge in [-0.15, -0.1) is 11.6 Å². The zero-order valence-corrected chi connectivity index (χ0v) is 14.5. The van der Waals surface area contributed by atoms with Gasteiger partial charge in [-0.2, -0.15) is 0 Å². The number of hydrogen-bond acceptors (Lipinski definition) is 5. The number of alkyl halides is 1. The number of fused-ring (bicyclic) bond motifs is 3. The summed E-state index contributed by atoms with van der Waals surface area (Å²) in [5.41, 5.74) is -0.418. The molecule has 7 heteroatoms. The highest BCUT2D eigenvalue weighted by Gasteiger charge is 2.37. The lowest BCUT2D eigenvalue weighted by molar-refractivity contribution is -0.113. The summed E-state index contributed by atoms with van der Waals surface area (Å²) in [6.07, 6.45) is 0. The standard InChI is InChI=1S/C20H12ClNO5/c21-8-13(23)22-12-7-3-6-11-14(12)20(27)16-15(19(11)26)17(24)9-4-1-2-5-10(9)18(16)25/h1-7,24-25H,8H2,(H,22,23). The Kier molecular flexibility index (Phi) is 3.86. The van der Waals surface area contributed by atoms with Gasteiger partial charge in [0.15, 0.2) is 5.78 Å². The molecule has 0 aromatic heterocycles. The van der Waals surface area contributed by atoms with E-state index in [0.29, 0.717) is 0 Å². The van der Waals surface area contributed by atoms with Gasteiger partial charge in [0.05, 0.1) is 22.4 Å². The molecule has 0 fully saturated rings. The molecule has 6 nitrogen and oxygen atoms in total. The van der Waals surface area contributed by atoms with Crippen molar-refractivity contribution in [1.29, 1.82) is 0 Å². The Balaban J connectivity index is 2.04. The molecule has 0 aliphatic heterocycles. The lowest BCUT2D eigenvalue weighted by Gasteiger charge is -2.23. The monoisotopic (exact) mass is 381 g/mol. The van der Waals surface area contributed by atoms with Crippen LogP contribution in [0, 0.1) is 0 Å². The fourth-order valence-electron chi connectivity index (χ4n) is 3.38. The first kappa shape index (κ1) is 17.1. The molecule has 0 saturated heterocycles. The molecule has 3 aromatic rings. The molecule has 0 unspecified atom stereocenters. The number of hydrogen-bond donors (Lipinski definition) is 3. The second-order valence-corrected chi connectivity index (χ2v) is 6.33. The van der Waals surface area contributed by atoms with Crippen LogP contribution in [0.15, 0.2) is 42.5 Å². The smallest absolute Gasteiger partial charge is 0.239 e. The van der Waals surface area contributed by atoms with Gasteiger partial charge in [0, 0.05) is 16.3 Å². The van der Waals surface area contributed by atoms with Crippen LogP contribution < -0.4 is 5.32 Å². The average molecular weight is 382 g/mol. The zero-order valence-electron chi connectivity index (χ0n) is 13.7. The van der Waals surface area contributed by atoms with Crippen molar-refractivity contribution in [2.45, 2.75) is 0 Å². The van der Waals surface area contributed by atoms with E-state index in [2.05, 4.69) is 5.32 Å². The van der Waals surface area contributed by atoms with Crippen LogP contribution in [0.3, 0.4) is 0 Å². The molecule has 0 saturated carbocycles. The summed E-state index contributed by atoms with van der Waals surface area (Å²) in [5.74, 6) is -2.89. The van der Waals surface area contributed by atoms with E-state index in [1.807, 2.05) is 0 Å². The summed E-state index contributed by atoms with van der Waals surface area (Å²) in [6, 6.07) is 10.8. The molecular weight excluding hydrogens is 370 g/mol. The third kappa shape index (κ3) is 2.38. The molecule has 0 spiro atoms. The highest BCUT2D eigenvalue weighted by molar-refractivity contribution is 6.35. The zero-order chi connectivity index (χ0) is 19.3. The molecular formula is C20H12ClNO5. The van der Waals surface area contributed by atoms with Crippen molar-refractivity contribution < 1.29 is 24.6 Å². The van der Waals surface area contributed by atoms with Gasteiger partial charge >= 0.3 is 0 Å². The van der Waals surface area contributed by atoms with Crippen molar-refractivity contribution in [2.24, 2.45) is 0 Å². The highest BCUT2D eigenvalue weighted by Crippen LogP contribution is 2.45. The van der Waals surface area contributed by atoms with E-state index >= 15 is 0 Å². The predicted octanol–water partition coefficient (Wildman–Crippen LogP) is 3.20. The van der Waals surface area contributed by atoms with E-state index in [1.54, 1.807) is 24.3 Å². The molecule has 0 radical (unpaired) electrons. The van der Waals surface area contributed by atoms with E-state index in [4.69, 9.17) is 11.6 Å². The number of carbonyl (C=O) groups excluding carboxylic acids is 3. The quantitative estimate of drug-likeness (QED) is 0.365. The maximum Gasteiger partial charge on any atom is 0.239 e. The van der Waals surface area contributed by atoms with E-state index in [1.165, 1.54) is 18.2 Å². The topological polar surface area (TPSA) is 104 Å². The van der Waals surface area contributed by atoms with Crippen LogP contribution in [0.5, 0.6) is 11.5 Å². The summed E-state index contributed by atoms with van der Waals surface area (Å²) >= 11 is 5.51. The third-order valence-corrected chi connectivity index (χ3v) is 4.79. The van der Waals surface area contributed by atoms with Gasteiger partial charge in [0.2, 0.25) is 11.7 Å². The van der Waals surface area contributed by atoms with Crippen LogP contribution in [-0.4, -0.2) is 33.6 Å². The molecule has 1 aliphatic carbocycles. The number of phenolic OH excluding ortho intramolecular Hbond substituents is 2. The summed E-state index contributed by atoms with van der Waals surface area (Å²) in [5, 5.41) is 24.3. The first-order valence-corrected chi connectivity index (χ1v) is 8.54. The normalized spacial score (nSPS) is 12.6. The summed E-state index contributed by atoms with van der Waals surface area (Å²) in [4.78, 5) is 37.8. The Morgan fingerprint density at radius 1 is 0.852 bits per heavy atom. The number of benzene rings is 3. The van der Waals surface area contributed by atoms with Crippen molar-refractivity contribution in [3.63, 3.8) is 0 Å². The van der Waals surface area contributed by atoms with Gasteiger partial charge in [0.1, 0.15) is 17.4 Å². The highest BCUT2D eigenvalue weighted by atomic mass is 35.5. The number of anilines is 1. The van der Waals surface area contributed by atoms with Crippen LogP contribution in [0.2, 0.25) is 0 Å². The Bertz CT molecular complexity index is 1170. The maximum atomic E-state index is 13.2. The van der Waals surface area contributed by atoms with Crippen LogP contribution in [0.1, 0.15) is 31.8 Å². The minimum atomic E-state index is -0.663. The maximum absolute atomic E-state index is 13.2. The van der Waals surface area contributed by atoms with E-state index in [9.17, 15) is 24.6 Å². The van der Waals surface area contributed by atoms with Crippen molar-refractivity contribution in [3.8, 4) is 11.5 Å². The Labute approximate surface area is 158 Å². The van der Waals surface area contributed by atoms with Crippen LogP contribution in [-0.2, 0) is 4.79 Å². The largest absolute Gasteiger partial charge is 0.506 e. The first-order valence-electron chi connectivity index (χ1n) is 8.00. The van der Waals surface area contributed by atoms with Gasteiger partial charge < -0.3 is 15.5 Å². The molecule has 3 N–H and O–H groups in total. The number of halogens is 1. The fourth-order valence-corrected chi connectivity index (χ4v) is 3.44. The van der Waals surface area contributed by atoms with Crippen molar-refractivity contribution in [3.05, 3.63) is 64.7 Å². The van der Waals surface area contributed by atoms with Crippen LogP contribution in [0.4, 0.5) is 5.69 Å². The number of nitrogens with one attached hydrogen (secondary N) is 1. The molecule has 4 rings (SSSR count). The molecule has 27 heavy (non-hydrogen) atoms. The molecule has 1 amide bonds. The number of rotatable bonds is 2. The number of amides is 1. The molecule has 0 bridgehead atoms. The lowest BCUT2D eigenvalue weighted by Crippen LogP contribution is -2.24. The van der Waals surface area contributed by atoms with E-state index < -0.39 is 17.5 Å². The van der Waals surface area contributed by atoms with Crippen molar-refractivity contribution in [1.82, 2.24) is 0 Å². The Morgan fingerprint density at radius 2 is 1.44 bits per heavy atom. The van der Waals surface area contributed by atoms with Crippen LogP contribution in [0.25, 0.3) is 10.8 Å². The Hall–Kier alpha value is -3.38. The molecule has 0 heterocycles. The summed E-state index contributed by atoms with van der Waals surface area (Å²) in [7, 11) is 0. The minimum absolute atomic E-state index is 0.0323. The van der Waals surface area contributed by atoms with E-state index in [0.717, 1.165) is 0 Å². The molecule has 0 atom stereocenters. The summed E-state index contributed by atoms with van der Waals surface area (Å²) in [6.45, 7) is 0. The van der Waals surface area contributed by atoms with Crippen molar-refractivity contribution >= 4 is 45.5 Å². The third-order valence-electron chi connectivity index (χ3n) is 4.55. The van der Waals surface area contributed by atoms with Gasteiger partial charge in [-0.3, -0.25) is 14.4 Å². The SMILES string of the molecule is O=C(CCl)Nc1cccc2c1C(=O)c1c(c(O)c3ccccc3c1O)C2=O. The summed E-state index contributed by atoms with van der Waals surface area (Å²) < 4.78 is 0. The van der Waals surface area contributed by atoms with Gasteiger partial charge in [-0.25, -0.2) is 0 Å². The van der Waals surface area contributed by atoms with Gasteiger partial charge in [-0.1, -0.05) is 36.4 Å². The Morgan fingerprint density at radius 3 is 2.04 bits per heavy atom. The number of carbonyl (C=O) groups is 3. The first-order chi connectivity index (χ1) is 13.0.